The first-order valence-corrected chi connectivity index (χ1v) is 9.55. The number of carbonyl (C=O) groups excluding carboxylic acids is 2. The van der Waals surface area contributed by atoms with Gasteiger partial charge in [-0.1, -0.05) is 18.6 Å². The van der Waals surface area contributed by atoms with E-state index in [0.29, 0.717) is 19.0 Å². The van der Waals surface area contributed by atoms with Crippen LogP contribution in [-0.4, -0.2) is 36.3 Å². The third-order valence-corrected chi connectivity index (χ3v) is 5.61. The second-order valence-corrected chi connectivity index (χ2v) is 7.30. The van der Waals surface area contributed by atoms with Crippen LogP contribution in [0.4, 0.5) is 0 Å². The number of hydrogen-bond acceptors (Lipinski definition) is 3. The SMILES string of the molecule is Cl.NC[C@H]1CCC[C@H]1C(=O)NCc1ccc(C(=O)N2CCCCC2)cc1. The van der Waals surface area contributed by atoms with Gasteiger partial charge in [-0.25, -0.2) is 0 Å². The minimum absolute atomic E-state index is 0. The quantitative estimate of drug-likeness (QED) is 0.825. The summed E-state index contributed by atoms with van der Waals surface area (Å²) in [6, 6.07) is 7.62. The number of hydrogen-bond donors (Lipinski definition) is 2. The van der Waals surface area contributed by atoms with Gasteiger partial charge in [-0.05, 0) is 62.3 Å². The van der Waals surface area contributed by atoms with E-state index in [2.05, 4.69) is 5.32 Å². The Bertz CT molecular complexity index is 600. The molecule has 1 saturated heterocycles. The van der Waals surface area contributed by atoms with Crippen LogP contribution in [-0.2, 0) is 11.3 Å². The molecule has 1 heterocycles. The van der Waals surface area contributed by atoms with E-state index in [0.717, 1.165) is 56.3 Å². The van der Waals surface area contributed by atoms with E-state index >= 15 is 0 Å². The standard InChI is InChI=1S/C20H29N3O2.ClH/c21-13-17-5-4-6-18(17)19(24)22-14-15-7-9-16(10-8-15)20(25)23-11-2-1-3-12-23;/h7-10,17-18H,1-6,11-14,21H2,(H,22,24);1H/t17-,18-;/m1./s1. The summed E-state index contributed by atoms with van der Waals surface area (Å²) >= 11 is 0. The van der Waals surface area contributed by atoms with Crippen molar-refractivity contribution in [1.29, 1.82) is 0 Å². The average Bonchev–Trinajstić information content (AvgIpc) is 3.15. The fourth-order valence-corrected chi connectivity index (χ4v) is 4.03. The maximum atomic E-state index is 12.5. The van der Waals surface area contributed by atoms with Gasteiger partial charge in [0.2, 0.25) is 5.91 Å². The monoisotopic (exact) mass is 379 g/mol. The summed E-state index contributed by atoms with van der Waals surface area (Å²) in [5.41, 5.74) is 7.51. The van der Waals surface area contributed by atoms with Gasteiger partial charge in [0.1, 0.15) is 0 Å². The van der Waals surface area contributed by atoms with E-state index < -0.39 is 0 Å². The number of amides is 2. The Balaban J connectivity index is 0.00000243. The molecule has 0 aromatic heterocycles. The molecule has 0 spiro atoms. The molecule has 0 unspecified atom stereocenters. The van der Waals surface area contributed by atoms with Crippen molar-refractivity contribution in [3.63, 3.8) is 0 Å². The molecule has 1 aliphatic heterocycles. The van der Waals surface area contributed by atoms with Crippen LogP contribution in [0, 0.1) is 11.8 Å². The predicted octanol–water partition coefficient (Wildman–Crippen LogP) is 2.73. The summed E-state index contributed by atoms with van der Waals surface area (Å²) in [5, 5.41) is 3.03. The van der Waals surface area contributed by atoms with Crippen molar-refractivity contribution in [2.24, 2.45) is 17.6 Å². The highest BCUT2D eigenvalue weighted by molar-refractivity contribution is 5.94. The minimum atomic E-state index is 0. The van der Waals surface area contributed by atoms with Crippen LogP contribution < -0.4 is 11.1 Å². The lowest BCUT2D eigenvalue weighted by Gasteiger charge is -2.26. The summed E-state index contributed by atoms with van der Waals surface area (Å²) in [5.74, 6) is 0.614. The van der Waals surface area contributed by atoms with Gasteiger partial charge in [-0.3, -0.25) is 9.59 Å². The normalized spacial score (nSPS) is 22.6. The maximum absolute atomic E-state index is 12.5. The van der Waals surface area contributed by atoms with Gasteiger partial charge in [-0.15, -0.1) is 12.4 Å². The Kier molecular flexibility index (Phi) is 7.91. The number of nitrogens with zero attached hydrogens (tertiary/aromatic N) is 1. The zero-order chi connectivity index (χ0) is 17.6. The molecule has 144 valence electrons. The Morgan fingerprint density at radius 1 is 1.04 bits per heavy atom. The third-order valence-electron chi connectivity index (χ3n) is 5.61. The molecule has 1 aliphatic carbocycles. The highest BCUT2D eigenvalue weighted by Gasteiger charge is 2.31. The lowest BCUT2D eigenvalue weighted by Crippen LogP contribution is -2.35. The number of benzene rings is 1. The van der Waals surface area contributed by atoms with Crippen molar-refractivity contribution in [3.8, 4) is 0 Å². The summed E-state index contributed by atoms with van der Waals surface area (Å²) in [6.45, 7) is 2.82. The zero-order valence-corrected chi connectivity index (χ0v) is 16.1. The molecule has 0 bridgehead atoms. The van der Waals surface area contributed by atoms with Crippen LogP contribution in [0.5, 0.6) is 0 Å². The second-order valence-electron chi connectivity index (χ2n) is 7.30. The van der Waals surface area contributed by atoms with Crippen molar-refractivity contribution in [2.45, 2.75) is 45.1 Å². The predicted molar refractivity (Wildman–Crippen MR) is 105 cm³/mol. The number of nitrogens with one attached hydrogen (secondary N) is 1. The van der Waals surface area contributed by atoms with E-state index in [9.17, 15) is 9.59 Å². The first-order valence-electron chi connectivity index (χ1n) is 9.55. The van der Waals surface area contributed by atoms with E-state index in [1.165, 1.54) is 6.42 Å². The molecule has 1 saturated carbocycles. The van der Waals surface area contributed by atoms with Crippen LogP contribution in [0.1, 0.15) is 54.4 Å². The lowest BCUT2D eigenvalue weighted by molar-refractivity contribution is -0.126. The number of carbonyl (C=O) groups is 2. The largest absolute Gasteiger partial charge is 0.352 e. The first kappa shape index (κ1) is 20.7. The molecule has 6 heteroatoms. The van der Waals surface area contributed by atoms with Gasteiger partial charge in [0.25, 0.3) is 5.91 Å². The molecule has 5 nitrogen and oxygen atoms in total. The van der Waals surface area contributed by atoms with Crippen molar-refractivity contribution in [2.75, 3.05) is 19.6 Å². The highest BCUT2D eigenvalue weighted by atomic mass is 35.5. The van der Waals surface area contributed by atoms with E-state index in [-0.39, 0.29) is 30.1 Å². The fourth-order valence-electron chi connectivity index (χ4n) is 4.03. The van der Waals surface area contributed by atoms with E-state index in [1.54, 1.807) is 0 Å². The Labute approximate surface area is 162 Å². The molecule has 2 aliphatic rings. The van der Waals surface area contributed by atoms with Gasteiger partial charge in [0.15, 0.2) is 0 Å². The molecule has 2 atom stereocenters. The molecule has 3 rings (SSSR count). The van der Waals surface area contributed by atoms with Gasteiger partial charge < -0.3 is 16.0 Å². The van der Waals surface area contributed by atoms with Gasteiger partial charge >= 0.3 is 0 Å². The number of halogens is 1. The van der Waals surface area contributed by atoms with Gasteiger partial charge in [0, 0.05) is 31.1 Å². The number of rotatable bonds is 5. The van der Waals surface area contributed by atoms with E-state index in [4.69, 9.17) is 5.73 Å². The highest BCUT2D eigenvalue weighted by Crippen LogP contribution is 2.31. The molecule has 2 amide bonds. The summed E-state index contributed by atoms with van der Waals surface area (Å²) in [4.78, 5) is 26.7. The van der Waals surface area contributed by atoms with Crippen molar-refractivity contribution < 1.29 is 9.59 Å². The van der Waals surface area contributed by atoms with Gasteiger partial charge in [0.05, 0.1) is 0 Å². The van der Waals surface area contributed by atoms with Crippen molar-refractivity contribution >= 4 is 24.2 Å². The second kappa shape index (κ2) is 9.93. The van der Waals surface area contributed by atoms with Crippen LogP contribution in [0.2, 0.25) is 0 Å². The van der Waals surface area contributed by atoms with Crippen LogP contribution >= 0.6 is 12.4 Å². The number of likely N-dealkylation sites (tertiary alicyclic amines) is 1. The lowest BCUT2D eigenvalue weighted by atomic mass is 9.95. The topological polar surface area (TPSA) is 75.4 Å². The molecule has 3 N–H and O–H groups in total. The third kappa shape index (κ3) is 4.98. The van der Waals surface area contributed by atoms with E-state index in [1.807, 2.05) is 29.2 Å². The van der Waals surface area contributed by atoms with Crippen molar-refractivity contribution in [3.05, 3.63) is 35.4 Å². The first-order chi connectivity index (χ1) is 12.2. The number of nitrogens with two attached hydrogens (primary N) is 1. The molecule has 0 radical (unpaired) electrons. The number of piperidine rings is 1. The van der Waals surface area contributed by atoms with Crippen molar-refractivity contribution in [1.82, 2.24) is 10.2 Å². The Morgan fingerprint density at radius 2 is 1.73 bits per heavy atom. The van der Waals surface area contributed by atoms with Crippen LogP contribution in [0.15, 0.2) is 24.3 Å². The van der Waals surface area contributed by atoms with Crippen LogP contribution in [0.3, 0.4) is 0 Å². The Morgan fingerprint density at radius 3 is 2.38 bits per heavy atom. The summed E-state index contributed by atoms with van der Waals surface area (Å²) < 4.78 is 0. The average molecular weight is 380 g/mol. The molecule has 26 heavy (non-hydrogen) atoms. The Hall–Kier alpha value is -1.59. The molecule has 1 aromatic carbocycles. The van der Waals surface area contributed by atoms with Gasteiger partial charge in [-0.2, -0.15) is 0 Å². The van der Waals surface area contributed by atoms with Crippen LogP contribution in [0.25, 0.3) is 0 Å². The fraction of sp³-hybridized carbons (Fsp3) is 0.600. The summed E-state index contributed by atoms with van der Waals surface area (Å²) in [7, 11) is 0. The summed E-state index contributed by atoms with van der Waals surface area (Å²) in [6.07, 6.45) is 6.50. The maximum Gasteiger partial charge on any atom is 0.253 e. The molecule has 2 fully saturated rings. The molecule has 1 aromatic rings. The zero-order valence-electron chi connectivity index (χ0n) is 15.3. The minimum Gasteiger partial charge on any atom is -0.352 e. The smallest absolute Gasteiger partial charge is 0.253 e. The molecular formula is C20H30ClN3O2. The molecular weight excluding hydrogens is 350 g/mol.